The lowest BCUT2D eigenvalue weighted by atomic mass is 9.79. The number of amides is 2. The number of rotatable bonds is 7. The lowest BCUT2D eigenvalue weighted by Gasteiger charge is -2.34. The lowest BCUT2D eigenvalue weighted by Crippen LogP contribution is -2.49. The Hall–Kier alpha value is -3.75. The van der Waals surface area contributed by atoms with E-state index >= 15 is 0 Å². The molecule has 2 heterocycles. The fourth-order valence-electron chi connectivity index (χ4n) is 5.97. The van der Waals surface area contributed by atoms with Crippen molar-refractivity contribution in [3.05, 3.63) is 88.6 Å². The molecular formula is C32H39N5O3. The van der Waals surface area contributed by atoms with Crippen molar-refractivity contribution in [1.29, 1.82) is 0 Å². The van der Waals surface area contributed by atoms with Gasteiger partial charge in [-0.2, -0.15) is 0 Å². The molecule has 2 unspecified atom stereocenters. The molecule has 1 spiro atoms. The zero-order valence-electron chi connectivity index (χ0n) is 23.9. The van der Waals surface area contributed by atoms with Crippen molar-refractivity contribution in [3.63, 3.8) is 0 Å². The van der Waals surface area contributed by atoms with E-state index in [0.717, 1.165) is 33.6 Å². The summed E-state index contributed by atoms with van der Waals surface area (Å²) in [6.07, 6.45) is 2.33. The Bertz CT molecular complexity index is 1430. The van der Waals surface area contributed by atoms with Gasteiger partial charge in [0.2, 0.25) is 11.8 Å². The molecule has 1 aromatic heterocycles. The van der Waals surface area contributed by atoms with Crippen molar-refractivity contribution < 1.29 is 14.7 Å². The van der Waals surface area contributed by atoms with E-state index in [1.807, 2.05) is 82.4 Å². The van der Waals surface area contributed by atoms with Gasteiger partial charge in [-0.15, -0.1) is 0 Å². The van der Waals surface area contributed by atoms with Gasteiger partial charge in [0, 0.05) is 36.0 Å². The summed E-state index contributed by atoms with van der Waals surface area (Å²) in [6, 6.07) is 17.2. The van der Waals surface area contributed by atoms with Crippen molar-refractivity contribution in [1.82, 2.24) is 15.2 Å². The molecule has 40 heavy (non-hydrogen) atoms. The second-order valence-electron chi connectivity index (χ2n) is 12.1. The number of anilines is 2. The van der Waals surface area contributed by atoms with E-state index < -0.39 is 23.1 Å². The number of nitrogens with zero attached hydrogens (tertiary/aromatic N) is 2. The number of hydrogen-bond acceptors (Lipinski definition) is 6. The maximum Gasteiger partial charge on any atom is 0.246 e. The fourth-order valence-corrected chi connectivity index (χ4v) is 5.97. The van der Waals surface area contributed by atoms with Gasteiger partial charge >= 0.3 is 0 Å². The van der Waals surface area contributed by atoms with Gasteiger partial charge in [0.05, 0.1) is 5.41 Å². The average molecular weight is 542 g/mol. The quantitative estimate of drug-likeness (QED) is 0.361. The number of aliphatic hydroxyl groups is 1. The Balaban J connectivity index is 1.36. The van der Waals surface area contributed by atoms with Crippen LogP contribution < -0.4 is 16.0 Å². The Kier molecular flexibility index (Phi) is 7.42. The highest BCUT2D eigenvalue weighted by Crippen LogP contribution is 2.48. The van der Waals surface area contributed by atoms with Gasteiger partial charge in [-0.3, -0.25) is 9.59 Å². The van der Waals surface area contributed by atoms with E-state index in [9.17, 15) is 14.7 Å². The van der Waals surface area contributed by atoms with Crippen molar-refractivity contribution >= 4 is 23.3 Å². The smallest absolute Gasteiger partial charge is 0.246 e. The third-order valence-corrected chi connectivity index (χ3v) is 8.20. The van der Waals surface area contributed by atoms with Gasteiger partial charge in [0.15, 0.2) is 0 Å². The SMILES string of the molecule is CNCc1ccccc1CN(C(=O)C(C)(C)C)[C@@H](C)C(=O)Nc1ccc2c(c1)CC1(C2)c2cccnc2NC1O. The number of carbonyl (C=O) groups is 2. The van der Waals surface area contributed by atoms with Crippen LogP contribution in [0.3, 0.4) is 0 Å². The first kappa shape index (κ1) is 27.8. The number of aliphatic hydroxyl groups excluding tert-OH is 1. The first-order chi connectivity index (χ1) is 19.0. The van der Waals surface area contributed by atoms with Gasteiger partial charge in [-0.1, -0.05) is 57.2 Å². The molecule has 0 bridgehead atoms. The first-order valence-electron chi connectivity index (χ1n) is 13.9. The van der Waals surface area contributed by atoms with Crippen molar-refractivity contribution in [2.75, 3.05) is 17.7 Å². The molecule has 2 amide bonds. The number of fused-ring (bicyclic) bond motifs is 3. The molecule has 0 saturated heterocycles. The standard InChI is InChI=1S/C32H39N5O3/c1-20(37(30(40)31(2,3)4)19-23-10-7-6-9-22(23)18-33-5)28(38)35-25-13-12-21-16-32(17-24(21)15-25)26-11-8-14-34-27(26)36-29(32)39/h6-15,20,29,33,39H,16-19H2,1-5H3,(H,34,36)(H,35,38)/t20-,29?,32?/m0/s1. The van der Waals surface area contributed by atoms with Crippen LogP contribution in [0.1, 0.15) is 55.5 Å². The summed E-state index contributed by atoms with van der Waals surface area (Å²) in [5, 5.41) is 20.3. The third-order valence-electron chi connectivity index (χ3n) is 8.20. The number of nitrogens with one attached hydrogen (secondary N) is 3. The van der Waals surface area contributed by atoms with Gasteiger partial charge in [-0.05, 0) is 67.3 Å². The molecule has 210 valence electrons. The van der Waals surface area contributed by atoms with E-state index in [4.69, 9.17) is 0 Å². The molecule has 2 aliphatic rings. The minimum Gasteiger partial charge on any atom is -0.373 e. The van der Waals surface area contributed by atoms with Crippen LogP contribution in [0.5, 0.6) is 0 Å². The molecule has 3 atom stereocenters. The van der Waals surface area contributed by atoms with Gasteiger partial charge in [0.25, 0.3) is 0 Å². The molecule has 1 aliphatic heterocycles. The summed E-state index contributed by atoms with van der Waals surface area (Å²) in [5.74, 6) is 0.402. The Labute approximate surface area is 236 Å². The molecule has 8 nitrogen and oxygen atoms in total. The number of hydrogen-bond donors (Lipinski definition) is 4. The number of carbonyl (C=O) groups excluding carboxylic acids is 2. The van der Waals surface area contributed by atoms with Crippen LogP contribution in [-0.2, 0) is 40.9 Å². The number of aromatic nitrogens is 1. The summed E-state index contributed by atoms with van der Waals surface area (Å²) in [4.78, 5) is 33.2. The zero-order valence-corrected chi connectivity index (χ0v) is 23.9. The van der Waals surface area contributed by atoms with Crippen molar-refractivity contribution in [2.24, 2.45) is 5.41 Å². The summed E-state index contributed by atoms with van der Waals surface area (Å²) in [7, 11) is 1.89. The van der Waals surface area contributed by atoms with Crippen LogP contribution >= 0.6 is 0 Å². The second-order valence-corrected chi connectivity index (χ2v) is 12.1. The van der Waals surface area contributed by atoms with Crippen LogP contribution in [0, 0.1) is 5.41 Å². The van der Waals surface area contributed by atoms with Crippen molar-refractivity contribution in [3.8, 4) is 0 Å². The van der Waals surface area contributed by atoms with E-state index in [-0.39, 0.29) is 11.8 Å². The van der Waals surface area contributed by atoms with Crippen molar-refractivity contribution in [2.45, 2.75) is 71.3 Å². The fraction of sp³-hybridized carbons (Fsp3) is 0.406. The van der Waals surface area contributed by atoms with Crippen LogP contribution in [0.4, 0.5) is 11.5 Å². The topological polar surface area (TPSA) is 107 Å². The summed E-state index contributed by atoms with van der Waals surface area (Å²) in [5.41, 5.74) is 4.92. The number of benzene rings is 2. The molecule has 5 rings (SSSR count). The highest BCUT2D eigenvalue weighted by Gasteiger charge is 2.50. The Morgan fingerprint density at radius 2 is 1.82 bits per heavy atom. The minimum absolute atomic E-state index is 0.0831. The zero-order chi connectivity index (χ0) is 28.7. The highest BCUT2D eigenvalue weighted by atomic mass is 16.3. The first-order valence-corrected chi connectivity index (χ1v) is 13.9. The predicted octanol–water partition coefficient (Wildman–Crippen LogP) is 3.98. The van der Waals surface area contributed by atoms with Crippen LogP contribution in [0.25, 0.3) is 0 Å². The normalized spacial score (nSPS) is 20.0. The van der Waals surface area contributed by atoms with Gasteiger partial charge in [-0.25, -0.2) is 4.98 Å². The summed E-state index contributed by atoms with van der Waals surface area (Å²) < 4.78 is 0. The molecule has 0 fully saturated rings. The van der Waals surface area contributed by atoms with Gasteiger partial charge in [0.1, 0.15) is 18.1 Å². The molecule has 0 saturated carbocycles. The molecule has 0 radical (unpaired) electrons. The van der Waals surface area contributed by atoms with Crippen LogP contribution in [0.2, 0.25) is 0 Å². The molecule has 3 aromatic rings. The van der Waals surface area contributed by atoms with Crippen LogP contribution in [0.15, 0.2) is 60.8 Å². The summed E-state index contributed by atoms with van der Waals surface area (Å²) >= 11 is 0. The van der Waals surface area contributed by atoms with Crippen LogP contribution in [-0.4, -0.2) is 46.1 Å². The monoisotopic (exact) mass is 541 g/mol. The Morgan fingerprint density at radius 1 is 1.10 bits per heavy atom. The van der Waals surface area contributed by atoms with Gasteiger partial charge < -0.3 is 26.0 Å². The maximum atomic E-state index is 13.6. The van der Waals surface area contributed by atoms with E-state index in [0.29, 0.717) is 31.6 Å². The number of pyridine rings is 1. The molecule has 8 heteroatoms. The second kappa shape index (κ2) is 10.7. The molecular weight excluding hydrogens is 502 g/mol. The molecule has 4 N–H and O–H groups in total. The Morgan fingerprint density at radius 3 is 2.55 bits per heavy atom. The largest absolute Gasteiger partial charge is 0.373 e. The van der Waals surface area contributed by atoms with E-state index in [1.54, 1.807) is 18.0 Å². The van der Waals surface area contributed by atoms with E-state index in [1.165, 1.54) is 0 Å². The summed E-state index contributed by atoms with van der Waals surface area (Å²) in [6.45, 7) is 8.43. The highest BCUT2D eigenvalue weighted by molar-refractivity contribution is 5.97. The third kappa shape index (κ3) is 5.09. The molecule has 2 aromatic carbocycles. The lowest BCUT2D eigenvalue weighted by molar-refractivity contribution is -0.145. The minimum atomic E-state index is -0.731. The molecule has 1 aliphatic carbocycles. The maximum absolute atomic E-state index is 13.6. The average Bonchev–Trinajstić information content (AvgIpc) is 3.44. The predicted molar refractivity (Wildman–Crippen MR) is 157 cm³/mol. The van der Waals surface area contributed by atoms with E-state index in [2.05, 4.69) is 20.9 Å².